The van der Waals surface area contributed by atoms with Gasteiger partial charge in [0.15, 0.2) is 0 Å². The van der Waals surface area contributed by atoms with Gasteiger partial charge in [0.05, 0.1) is 23.3 Å². The number of amides is 1. The molecule has 3 fully saturated rings. The van der Waals surface area contributed by atoms with E-state index in [0.29, 0.717) is 57.2 Å². The van der Waals surface area contributed by atoms with Crippen molar-refractivity contribution in [3.63, 3.8) is 0 Å². The second-order valence-corrected chi connectivity index (χ2v) is 13.2. The van der Waals surface area contributed by atoms with Crippen molar-refractivity contribution in [1.29, 1.82) is 0 Å². The van der Waals surface area contributed by atoms with Gasteiger partial charge in [-0.2, -0.15) is 4.31 Å². The summed E-state index contributed by atoms with van der Waals surface area (Å²) in [7, 11) is -3.16. The molecule has 1 aromatic heterocycles. The number of hydrogen-bond acceptors (Lipinski definition) is 8. The third-order valence-corrected chi connectivity index (χ3v) is 9.46. The molecule has 11 nitrogen and oxygen atoms in total. The van der Waals surface area contributed by atoms with Crippen LogP contribution in [-0.2, 0) is 10.0 Å². The first-order valence-electron chi connectivity index (χ1n) is 13.7. The van der Waals surface area contributed by atoms with Gasteiger partial charge in [0, 0.05) is 63.4 Å². The predicted octanol–water partition coefficient (Wildman–Crippen LogP) is 1.64. The third kappa shape index (κ3) is 5.99. The average molecular weight is 549 g/mol. The van der Waals surface area contributed by atoms with E-state index < -0.39 is 22.2 Å². The molecule has 2 aromatic rings. The van der Waals surface area contributed by atoms with Crippen LogP contribution in [0.25, 0.3) is 10.9 Å². The number of aliphatic hydroxyl groups excluding tert-OH is 1. The molecule has 0 radical (unpaired) electrons. The van der Waals surface area contributed by atoms with Crippen molar-refractivity contribution in [2.24, 2.45) is 0 Å². The number of benzene rings is 1. The fraction of sp³-hybridized carbons (Fsp3) is 0.692. The summed E-state index contributed by atoms with van der Waals surface area (Å²) < 4.78 is 32.5. The maximum absolute atomic E-state index is 12.8. The van der Waals surface area contributed by atoms with Crippen molar-refractivity contribution in [2.75, 3.05) is 45.5 Å². The van der Waals surface area contributed by atoms with E-state index in [1.54, 1.807) is 0 Å². The predicted molar refractivity (Wildman–Crippen MR) is 145 cm³/mol. The van der Waals surface area contributed by atoms with Crippen LogP contribution in [0.4, 0.5) is 4.79 Å². The summed E-state index contributed by atoms with van der Waals surface area (Å²) in [5.41, 5.74) is 0.937. The summed E-state index contributed by atoms with van der Waals surface area (Å²) in [5, 5.41) is 19.2. The first kappa shape index (κ1) is 27.3. The van der Waals surface area contributed by atoms with E-state index in [1.807, 2.05) is 42.8 Å². The Morgan fingerprint density at radius 2 is 1.76 bits per heavy atom. The number of piperazine rings is 1. The molecule has 1 unspecified atom stereocenters. The molecule has 4 atom stereocenters. The Hall–Kier alpha value is -2.25. The Bertz CT molecular complexity index is 1230. The number of ether oxygens (including phenoxy) is 1. The topological polar surface area (TPSA) is 120 Å². The number of hydrogen-bond donors (Lipinski definition) is 2. The molecule has 2 bridgehead atoms. The fourth-order valence-corrected chi connectivity index (χ4v) is 7.17. The van der Waals surface area contributed by atoms with Gasteiger partial charge in [0.25, 0.3) is 5.88 Å². The van der Waals surface area contributed by atoms with E-state index >= 15 is 0 Å². The highest BCUT2D eigenvalue weighted by molar-refractivity contribution is 7.88. The average Bonchev–Trinajstić information content (AvgIpc) is 3.32. The van der Waals surface area contributed by atoms with E-state index in [2.05, 4.69) is 20.2 Å². The van der Waals surface area contributed by atoms with E-state index in [-0.39, 0.29) is 12.1 Å². The molecule has 0 spiro atoms. The smallest absolute Gasteiger partial charge is 0.390 e. The van der Waals surface area contributed by atoms with Gasteiger partial charge < -0.3 is 15.2 Å². The van der Waals surface area contributed by atoms with Crippen LogP contribution in [0, 0.1) is 0 Å². The molecule has 0 aliphatic carbocycles. The van der Waals surface area contributed by atoms with Gasteiger partial charge in [-0.1, -0.05) is 12.1 Å². The van der Waals surface area contributed by atoms with Crippen LogP contribution in [-0.4, -0.2) is 113 Å². The minimum absolute atomic E-state index is 0.0240. The number of sulfonamides is 1. The highest BCUT2D eigenvalue weighted by Crippen LogP contribution is 2.36. The van der Waals surface area contributed by atoms with E-state index in [0.717, 1.165) is 36.6 Å². The van der Waals surface area contributed by atoms with Crippen LogP contribution < -0.4 is 10.1 Å². The minimum atomic E-state index is -3.16. The number of fused-ring (bicyclic) bond motifs is 3. The first-order valence-corrected chi connectivity index (χ1v) is 15.5. The first-order chi connectivity index (χ1) is 18.1. The number of nitrogens with zero attached hydrogens (tertiary/aromatic N) is 5. The lowest BCUT2D eigenvalue weighted by atomic mass is 9.97. The number of rotatable bonds is 8. The van der Waals surface area contributed by atoms with Gasteiger partial charge >= 0.3 is 6.09 Å². The zero-order valence-corrected chi connectivity index (χ0v) is 23.3. The number of piperidine rings is 1. The maximum atomic E-state index is 12.8. The number of aliphatic hydroxyl groups is 1. The quantitative estimate of drug-likeness (QED) is 0.511. The molecule has 38 heavy (non-hydrogen) atoms. The Balaban J connectivity index is 1.11. The van der Waals surface area contributed by atoms with Crippen molar-refractivity contribution in [3.05, 3.63) is 24.3 Å². The van der Waals surface area contributed by atoms with Crippen molar-refractivity contribution in [2.45, 2.75) is 69.8 Å². The molecule has 1 amide bonds. The highest BCUT2D eigenvalue weighted by Gasteiger charge is 2.42. The summed E-state index contributed by atoms with van der Waals surface area (Å²) in [6.07, 6.45) is 4.03. The van der Waals surface area contributed by atoms with Crippen LogP contribution in [0.1, 0.15) is 45.6 Å². The monoisotopic (exact) mass is 548 g/mol. The number of carbonyl (C=O) groups is 1. The standard InChI is InChI=1S/C26H40N6O5S/c1-18(2)32-24-7-5-4-6-23(24)25(28-32)37-26(34)27-19-14-20-8-9-21(15-19)31(20)17-22(33)16-29-10-12-30(13-11-29)38(3,35)36/h4-7,18-22,33H,8-17H2,1-3H3,(H,27,34)/t19?,20-,21+,22-/m1/s1. The Morgan fingerprint density at radius 3 is 2.39 bits per heavy atom. The molecule has 3 aliphatic rings. The molecule has 1 aromatic carbocycles. The molecule has 0 saturated carbocycles. The third-order valence-electron chi connectivity index (χ3n) is 8.16. The maximum Gasteiger partial charge on any atom is 0.414 e. The van der Waals surface area contributed by atoms with E-state index in [4.69, 9.17) is 4.74 Å². The lowest BCUT2D eigenvalue weighted by Gasteiger charge is -2.41. The van der Waals surface area contributed by atoms with Crippen LogP contribution >= 0.6 is 0 Å². The molecule has 210 valence electrons. The normalized spacial score (nSPS) is 26.2. The van der Waals surface area contributed by atoms with Gasteiger partial charge in [-0.25, -0.2) is 13.2 Å². The molecule has 2 N–H and O–H groups in total. The summed E-state index contributed by atoms with van der Waals surface area (Å²) in [6.45, 7) is 7.43. The molecular weight excluding hydrogens is 508 g/mol. The Morgan fingerprint density at radius 1 is 1.11 bits per heavy atom. The molecule has 12 heteroatoms. The largest absolute Gasteiger partial charge is 0.414 e. The zero-order valence-electron chi connectivity index (χ0n) is 22.5. The molecule has 4 heterocycles. The SMILES string of the molecule is CC(C)n1nc(OC(=O)NC2C[C@H]3CC[C@@H](C2)N3C[C@H](O)CN2CCN(S(C)(=O)=O)CC2)c2ccccc21. The van der Waals surface area contributed by atoms with Gasteiger partial charge in [0.2, 0.25) is 10.0 Å². The van der Waals surface area contributed by atoms with E-state index in [1.165, 1.54) is 10.6 Å². The summed E-state index contributed by atoms with van der Waals surface area (Å²) >= 11 is 0. The van der Waals surface area contributed by atoms with Gasteiger partial charge in [0.1, 0.15) is 0 Å². The Kier molecular flexibility index (Phi) is 7.97. The van der Waals surface area contributed by atoms with Crippen LogP contribution in [0.2, 0.25) is 0 Å². The van der Waals surface area contributed by atoms with Gasteiger partial charge in [-0.15, -0.1) is 5.10 Å². The molecule has 3 saturated heterocycles. The Labute approximate surface area is 224 Å². The van der Waals surface area contributed by atoms with Gasteiger partial charge in [-0.3, -0.25) is 14.5 Å². The zero-order chi connectivity index (χ0) is 27.0. The van der Waals surface area contributed by atoms with Crippen LogP contribution in [0.15, 0.2) is 24.3 Å². The van der Waals surface area contributed by atoms with Crippen molar-refractivity contribution < 1.29 is 23.1 Å². The number of nitrogens with one attached hydrogen (secondary N) is 1. The number of carbonyl (C=O) groups excluding carboxylic acids is 1. The molecule has 5 rings (SSSR count). The van der Waals surface area contributed by atoms with Crippen molar-refractivity contribution in [1.82, 2.24) is 29.2 Å². The number of aromatic nitrogens is 2. The number of para-hydroxylation sites is 1. The van der Waals surface area contributed by atoms with Crippen LogP contribution in [0.5, 0.6) is 5.88 Å². The summed E-state index contributed by atoms with van der Waals surface area (Å²) in [6, 6.07) is 8.56. The highest BCUT2D eigenvalue weighted by atomic mass is 32.2. The summed E-state index contributed by atoms with van der Waals surface area (Å²) in [4.78, 5) is 17.4. The summed E-state index contributed by atoms with van der Waals surface area (Å²) in [5.74, 6) is 0.327. The second-order valence-electron chi connectivity index (χ2n) is 11.3. The van der Waals surface area contributed by atoms with Crippen molar-refractivity contribution in [3.8, 4) is 5.88 Å². The second kappa shape index (κ2) is 11.1. The minimum Gasteiger partial charge on any atom is -0.390 e. The van der Waals surface area contributed by atoms with Crippen molar-refractivity contribution >= 4 is 27.0 Å². The molecular formula is C26H40N6O5S. The lowest BCUT2D eigenvalue weighted by molar-refractivity contribution is 0.0282. The number of β-amino-alcohol motifs (C(OH)–C–C–N with tert-alkyl or cyclic N) is 1. The van der Waals surface area contributed by atoms with Crippen LogP contribution in [0.3, 0.4) is 0 Å². The fourth-order valence-electron chi connectivity index (χ4n) is 6.35. The lowest BCUT2D eigenvalue weighted by Crippen LogP contribution is -2.55. The molecule has 3 aliphatic heterocycles. The van der Waals surface area contributed by atoms with Gasteiger partial charge in [-0.05, 0) is 51.7 Å². The van der Waals surface area contributed by atoms with E-state index in [9.17, 15) is 18.3 Å².